The molecule has 5 heteroatoms. The number of fused-ring (bicyclic) bond motifs is 1. The minimum Gasteiger partial charge on any atom is -0.344 e. The third-order valence-corrected chi connectivity index (χ3v) is 7.38. The van der Waals surface area contributed by atoms with Crippen molar-refractivity contribution < 1.29 is 9.59 Å². The van der Waals surface area contributed by atoms with Gasteiger partial charge in [0.15, 0.2) is 0 Å². The highest BCUT2D eigenvalue weighted by molar-refractivity contribution is 7.99. The van der Waals surface area contributed by atoms with Crippen molar-refractivity contribution in [2.75, 3.05) is 11.5 Å². The summed E-state index contributed by atoms with van der Waals surface area (Å²) in [5, 5.41) is 3.04. The second-order valence-electron chi connectivity index (χ2n) is 8.24. The van der Waals surface area contributed by atoms with Crippen LogP contribution in [0.25, 0.3) is 0 Å². The van der Waals surface area contributed by atoms with E-state index >= 15 is 0 Å². The molecule has 1 aromatic carbocycles. The van der Waals surface area contributed by atoms with Gasteiger partial charge in [0.1, 0.15) is 6.04 Å². The van der Waals surface area contributed by atoms with Crippen molar-refractivity contribution in [1.82, 2.24) is 10.2 Å². The van der Waals surface area contributed by atoms with Crippen LogP contribution in [0.5, 0.6) is 0 Å². The van der Waals surface area contributed by atoms with Gasteiger partial charge in [-0.3, -0.25) is 9.59 Å². The molecule has 0 aromatic heterocycles. The summed E-state index contributed by atoms with van der Waals surface area (Å²) in [6, 6.07) is 10.9. The molecule has 0 radical (unpaired) electrons. The van der Waals surface area contributed by atoms with E-state index in [0.29, 0.717) is 12.1 Å². The first-order valence-corrected chi connectivity index (χ1v) is 12.0. The molecule has 4 atom stereocenters. The van der Waals surface area contributed by atoms with E-state index in [2.05, 4.69) is 40.5 Å². The molecule has 154 valence electrons. The van der Waals surface area contributed by atoms with Crippen LogP contribution in [0.4, 0.5) is 0 Å². The Morgan fingerprint density at radius 2 is 2.00 bits per heavy atom. The summed E-state index contributed by atoms with van der Waals surface area (Å²) in [4.78, 5) is 27.7. The molecule has 28 heavy (non-hydrogen) atoms. The molecule has 1 unspecified atom stereocenters. The summed E-state index contributed by atoms with van der Waals surface area (Å²) < 4.78 is 0. The number of benzene rings is 1. The van der Waals surface area contributed by atoms with Crippen molar-refractivity contribution in [2.24, 2.45) is 5.92 Å². The van der Waals surface area contributed by atoms with Gasteiger partial charge in [0, 0.05) is 23.8 Å². The van der Waals surface area contributed by atoms with Gasteiger partial charge in [-0.1, -0.05) is 44.2 Å². The molecule has 4 nitrogen and oxygen atoms in total. The Morgan fingerprint density at radius 3 is 2.75 bits per heavy atom. The van der Waals surface area contributed by atoms with Crippen LogP contribution >= 0.6 is 11.8 Å². The monoisotopic (exact) mass is 402 g/mol. The summed E-state index contributed by atoms with van der Waals surface area (Å²) in [6.07, 6.45) is 6.96. The fourth-order valence-corrected chi connectivity index (χ4v) is 5.46. The third-order valence-electron chi connectivity index (χ3n) is 6.27. The van der Waals surface area contributed by atoms with Crippen LogP contribution in [-0.4, -0.2) is 46.3 Å². The molecular weight excluding hydrogens is 368 g/mol. The van der Waals surface area contributed by atoms with E-state index in [9.17, 15) is 9.59 Å². The zero-order valence-electron chi connectivity index (χ0n) is 17.2. The van der Waals surface area contributed by atoms with Gasteiger partial charge in [-0.2, -0.15) is 11.8 Å². The standard InChI is InChI=1S/C23H34N2O2S/c1-3-17(2)22(26)24-21-11-7-10-19-12-13-20(25(19)23(21)27)16-28-15-14-18-8-5-4-6-9-18/h4-6,8-9,17,19-21H,3,7,10-16H2,1-2H3,(H,24,26)/t17?,19-,20-,21-/m0/s1. The van der Waals surface area contributed by atoms with Crippen LogP contribution in [0.15, 0.2) is 30.3 Å². The molecule has 2 aliphatic heterocycles. The molecule has 2 saturated heterocycles. The van der Waals surface area contributed by atoms with Gasteiger partial charge in [-0.25, -0.2) is 0 Å². The molecule has 2 amide bonds. The van der Waals surface area contributed by atoms with E-state index in [0.717, 1.165) is 56.5 Å². The van der Waals surface area contributed by atoms with E-state index in [4.69, 9.17) is 0 Å². The summed E-state index contributed by atoms with van der Waals surface area (Å²) in [5.74, 6) is 2.23. The topological polar surface area (TPSA) is 49.4 Å². The zero-order chi connectivity index (χ0) is 19.9. The Balaban J connectivity index is 1.54. The highest BCUT2D eigenvalue weighted by atomic mass is 32.2. The fraction of sp³-hybridized carbons (Fsp3) is 0.652. The Kier molecular flexibility index (Phi) is 7.83. The van der Waals surface area contributed by atoms with Crippen LogP contribution < -0.4 is 5.32 Å². The van der Waals surface area contributed by atoms with Crippen molar-refractivity contribution >= 4 is 23.6 Å². The lowest BCUT2D eigenvalue weighted by molar-refractivity contribution is -0.138. The van der Waals surface area contributed by atoms with Gasteiger partial charge in [0.25, 0.3) is 0 Å². The average Bonchev–Trinajstić information content (AvgIpc) is 3.05. The highest BCUT2D eigenvalue weighted by Gasteiger charge is 2.41. The number of hydrogen-bond acceptors (Lipinski definition) is 3. The number of nitrogens with one attached hydrogen (secondary N) is 1. The van der Waals surface area contributed by atoms with Gasteiger partial charge >= 0.3 is 0 Å². The van der Waals surface area contributed by atoms with Crippen LogP contribution in [0.3, 0.4) is 0 Å². The molecule has 0 aliphatic carbocycles. The maximum Gasteiger partial charge on any atom is 0.245 e. The second kappa shape index (κ2) is 10.3. The largest absolute Gasteiger partial charge is 0.344 e. The fourth-order valence-electron chi connectivity index (χ4n) is 4.32. The van der Waals surface area contributed by atoms with Crippen molar-refractivity contribution in [1.29, 1.82) is 0 Å². The Bertz CT molecular complexity index is 651. The van der Waals surface area contributed by atoms with Gasteiger partial charge in [-0.15, -0.1) is 0 Å². The Labute approximate surface area is 173 Å². The minimum atomic E-state index is -0.332. The van der Waals surface area contributed by atoms with E-state index in [1.54, 1.807) is 0 Å². The van der Waals surface area contributed by atoms with Crippen molar-refractivity contribution in [3.8, 4) is 0 Å². The van der Waals surface area contributed by atoms with Crippen LogP contribution in [0.2, 0.25) is 0 Å². The smallest absolute Gasteiger partial charge is 0.245 e. The molecule has 2 fully saturated rings. The van der Waals surface area contributed by atoms with Crippen molar-refractivity contribution in [2.45, 2.75) is 76.9 Å². The molecule has 0 spiro atoms. The number of amides is 2. The summed E-state index contributed by atoms with van der Waals surface area (Å²) in [5.41, 5.74) is 1.37. The van der Waals surface area contributed by atoms with Crippen molar-refractivity contribution in [3.63, 3.8) is 0 Å². The Morgan fingerprint density at radius 1 is 1.21 bits per heavy atom. The quantitative estimate of drug-likeness (QED) is 0.668. The number of carbonyl (C=O) groups excluding carboxylic acids is 2. The normalized spacial score (nSPS) is 25.9. The Hall–Kier alpha value is -1.49. The molecule has 0 saturated carbocycles. The molecule has 2 heterocycles. The maximum atomic E-state index is 13.2. The lowest BCUT2D eigenvalue weighted by Gasteiger charge is -2.31. The number of aryl methyl sites for hydroxylation is 1. The number of nitrogens with zero attached hydrogens (tertiary/aromatic N) is 1. The van der Waals surface area contributed by atoms with E-state index < -0.39 is 0 Å². The first kappa shape index (κ1) is 21.2. The predicted molar refractivity (Wildman–Crippen MR) is 116 cm³/mol. The summed E-state index contributed by atoms with van der Waals surface area (Å²) in [7, 11) is 0. The first-order chi connectivity index (χ1) is 13.6. The zero-order valence-corrected chi connectivity index (χ0v) is 18.0. The maximum absolute atomic E-state index is 13.2. The number of thioether (sulfide) groups is 1. The predicted octanol–water partition coefficient (Wildman–Crippen LogP) is 4.04. The van der Waals surface area contributed by atoms with Crippen molar-refractivity contribution in [3.05, 3.63) is 35.9 Å². The van der Waals surface area contributed by atoms with Gasteiger partial charge in [-0.05, 0) is 56.3 Å². The van der Waals surface area contributed by atoms with Crippen LogP contribution in [0, 0.1) is 5.92 Å². The summed E-state index contributed by atoms with van der Waals surface area (Å²) in [6.45, 7) is 3.94. The number of hydrogen-bond donors (Lipinski definition) is 1. The molecule has 0 bridgehead atoms. The van der Waals surface area contributed by atoms with Crippen LogP contribution in [0.1, 0.15) is 57.9 Å². The first-order valence-electron chi connectivity index (χ1n) is 10.8. The van der Waals surface area contributed by atoms with Gasteiger partial charge in [0.2, 0.25) is 11.8 Å². The molecule has 2 aliphatic rings. The minimum absolute atomic E-state index is 0.0206. The van der Waals surface area contributed by atoms with Gasteiger partial charge in [0.05, 0.1) is 0 Å². The lowest BCUT2D eigenvalue weighted by atomic mass is 10.0. The van der Waals surface area contributed by atoms with E-state index in [-0.39, 0.29) is 23.8 Å². The second-order valence-corrected chi connectivity index (χ2v) is 9.39. The lowest BCUT2D eigenvalue weighted by Crippen LogP contribution is -2.52. The summed E-state index contributed by atoms with van der Waals surface area (Å²) >= 11 is 1.95. The molecule has 1 aromatic rings. The molecule has 1 N–H and O–H groups in total. The number of rotatable bonds is 8. The molecular formula is C23H34N2O2S. The van der Waals surface area contributed by atoms with Gasteiger partial charge < -0.3 is 10.2 Å². The average molecular weight is 403 g/mol. The van der Waals surface area contributed by atoms with Crippen LogP contribution in [-0.2, 0) is 16.0 Å². The number of carbonyl (C=O) groups is 2. The SMILES string of the molecule is CCC(C)C(=O)N[C@H]1CCC[C@H]2CC[C@@H](CSCCc3ccccc3)N2C1=O. The highest BCUT2D eigenvalue weighted by Crippen LogP contribution is 2.33. The van der Waals surface area contributed by atoms with E-state index in [1.807, 2.05) is 25.6 Å². The van der Waals surface area contributed by atoms with E-state index in [1.165, 1.54) is 5.56 Å². The molecule has 3 rings (SSSR count). The third kappa shape index (κ3) is 5.31.